The van der Waals surface area contributed by atoms with E-state index < -0.39 is 0 Å². The minimum absolute atomic E-state index is 0.202. The number of hydrogen-bond donors (Lipinski definition) is 1. The molecule has 0 bridgehead atoms. The number of rotatable bonds is 5. The van der Waals surface area contributed by atoms with Crippen LogP contribution in [0.5, 0.6) is 0 Å². The molecule has 3 heteroatoms. The van der Waals surface area contributed by atoms with Gasteiger partial charge >= 0.3 is 0 Å². The lowest BCUT2D eigenvalue weighted by Crippen LogP contribution is -2.20. The standard InChI is InChI=1S/C17H23N3/c1-12(2)16-7-5-15(6-8-16)11-20-14(4)17-13(3)18-9-10-19-17/h5-10,12,14,20H,11H2,1-4H3. The topological polar surface area (TPSA) is 37.8 Å². The number of aryl methyl sites for hydroxylation is 1. The zero-order chi connectivity index (χ0) is 14.5. The first kappa shape index (κ1) is 14.7. The first-order valence-corrected chi connectivity index (χ1v) is 7.17. The zero-order valence-electron chi connectivity index (χ0n) is 12.7. The smallest absolute Gasteiger partial charge is 0.0782 e. The van der Waals surface area contributed by atoms with Crippen LogP contribution in [0.25, 0.3) is 0 Å². The van der Waals surface area contributed by atoms with Crippen molar-refractivity contribution in [2.75, 3.05) is 0 Å². The lowest BCUT2D eigenvalue weighted by atomic mass is 10.0. The molecule has 0 spiro atoms. The lowest BCUT2D eigenvalue weighted by Gasteiger charge is -2.15. The van der Waals surface area contributed by atoms with Gasteiger partial charge in [-0.15, -0.1) is 0 Å². The fourth-order valence-corrected chi connectivity index (χ4v) is 2.23. The van der Waals surface area contributed by atoms with Gasteiger partial charge in [0.25, 0.3) is 0 Å². The van der Waals surface area contributed by atoms with Crippen molar-refractivity contribution >= 4 is 0 Å². The van der Waals surface area contributed by atoms with Crippen molar-refractivity contribution in [1.82, 2.24) is 15.3 Å². The molecule has 2 rings (SSSR count). The highest BCUT2D eigenvalue weighted by molar-refractivity contribution is 5.24. The molecule has 2 aromatic rings. The quantitative estimate of drug-likeness (QED) is 0.898. The van der Waals surface area contributed by atoms with Gasteiger partial charge in [0.15, 0.2) is 0 Å². The molecule has 3 nitrogen and oxygen atoms in total. The van der Waals surface area contributed by atoms with Crippen molar-refractivity contribution in [3.05, 3.63) is 59.2 Å². The maximum Gasteiger partial charge on any atom is 0.0782 e. The van der Waals surface area contributed by atoms with Crippen LogP contribution < -0.4 is 5.32 Å². The summed E-state index contributed by atoms with van der Waals surface area (Å²) >= 11 is 0. The van der Waals surface area contributed by atoms with E-state index in [0.29, 0.717) is 5.92 Å². The van der Waals surface area contributed by atoms with Crippen LogP contribution in [0, 0.1) is 6.92 Å². The Morgan fingerprint density at radius 2 is 1.65 bits per heavy atom. The van der Waals surface area contributed by atoms with Gasteiger partial charge < -0.3 is 5.32 Å². The van der Waals surface area contributed by atoms with Crippen molar-refractivity contribution in [1.29, 1.82) is 0 Å². The summed E-state index contributed by atoms with van der Waals surface area (Å²) < 4.78 is 0. The zero-order valence-corrected chi connectivity index (χ0v) is 12.7. The Kier molecular flexibility index (Phi) is 4.85. The summed E-state index contributed by atoms with van der Waals surface area (Å²) in [7, 11) is 0. The van der Waals surface area contributed by atoms with Crippen LogP contribution in [-0.2, 0) is 6.54 Å². The molecule has 1 heterocycles. The summed E-state index contributed by atoms with van der Waals surface area (Å²) in [5, 5.41) is 3.50. The summed E-state index contributed by atoms with van der Waals surface area (Å²) in [6.45, 7) is 9.39. The minimum atomic E-state index is 0.202. The Hall–Kier alpha value is -1.74. The number of hydrogen-bond acceptors (Lipinski definition) is 3. The maximum absolute atomic E-state index is 4.40. The fraction of sp³-hybridized carbons (Fsp3) is 0.412. The average molecular weight is 269 g/mol. The Morgan fingerprint density at radius 3 is 2.25 bits per heavy atom. The fourth-order valence-electron chi connectivity index (χ4n) is 2.23. The van der Waals surface area contributed by atoms with Gasteiger partial charge in [-0.05, 0) is 30.9 Å². The largest absolute Gasteiger partial charge is 0.305 e. The second-order valence-corrected chi connectivity index (χ2v) is 5.53. The molecule has 1 aromatic carbocycles. The molecule has 20 heavy (non-hydrogen) atoms. The van der Waals surface area contributed by atoms with Gasteiger partial charge in [0, 0.05) is 25.0 Å². The third kappa shape index (κ3) is 3.64. The minimum Gasteiger partial charge on any atom is -0.305 e. The van der Waals surface area contributed by atoms with Gasteiger partial charge in [0.2, 0.25) is 0 Å². The van der Waals surface area contributed by atoms with E-state index in [9.17, 15) is 0 Å². The highest BCUT2D eigenvalue weighted by Gasteiger charge is 2.09. The Labute approximate surface area is 121 Å². The van der Waals surface area contributed by atoms with E-state index in [1.54, 1.807) is 12.4 Å². The van der Waals surface area contributed by atoms with Crippen LogP contribution in [0.2, 0.25) is 0 Å². The molecule has 0 aliphatic carbocycles. The van der Waals surface area contributed by atoms with Crippen molar-refractivity contribution in [3.8, 4) is 0 Å². The predicted octanol–water partition coefficient (Wildman–Crippen LogP) is 3.76. The molecule has 0 saturated carbocycles. The molecule has 1 unspecified atom stereocenters. The molecule has 1 N–H and O–H groups in total. The van der Waals surface area contributed by atoms with Gasteiger partial charge in [0.05, 0.1) is 11.4 Å². The van der Waals surface area contributed by atoms with Crippen LogP contribution in [0.3, 0.4) is 0 Å². The summed E-state index contributed by atoms with van der Waals surface area (Å²) in [5.41, 5.74) is 4.68. The first-order chi connectivity index (χ1) is 9.58. The van der Waals surface area contributed by atoms with Crippen molar-refractivity contribution < 1.29 is 0 Å². The second-order valence-electron chi connectivity index (χ2n) is 5.53. The Bertz CT molecular complexity index is 546. The number of aromatic nitrogens is 2. The summed E-state index contributed by atoms with van der Waals surface area (Å²) in [4.78, 5) is 8.69. The average Bonchev–Trinajstić information content (AvgIpc) is 2.45. The van der Waals surface area contributed by atoms with Crippen molar-refractivity contribution in [3.63, 3.8) is 0 Å². The molecule has 106 valence electrons. The molecule has 1 atom stereocenters. The van der Waals surface area contributed by atoms with Crippen molar-refractivity contribution in [2.45, 2.75) is 46.2 Å². The molecule has 0 fully saturated rings. The summed E-state index contributed by atoms with van der Waals surface area (Å²) in [6.07, 6.45) is 3.48. The summed E-state index contributed by atoms with van der Waals surface area (Å²) in [6, 6.07) is 9.00. The van der Waals surface area contributed by atoms with E-state index in [1.807, 2.05) is 6.92 Å². The molecule has 0 amide bonds. The van der Waals surface area contributed by atoms with Gasteiger partial charge in [-0.2, -0.15) is 0 Å². The highest BCUT2D eigenvalue weighted by Crippen LogP contribution is 2.16. The van der Waals surface area contributed by atoms with E-state index in [-0.39, 0.29) is 6.04 Å². The van der Waals surface area contributed by atoms with Crippen molar-refractivity contribution in [2.24, 2.45) is 0 Å². The first-order valence-electron chi connectivity index (χ1n) is 7.17. The van der Waals surface area contributed by atoms with Gasteiger partial charge in [-0.1, -0.05) is 38.1 Å². The van der Waals surface area contributed by atoms with E-state index in [1.165, 1.54) is 11.1 Å². The highest BCUT2D eigenvalue weighted by atomic mass is 14.9. The van der Waals surface area contributed by atoms with Crippen LogP contribution in [-0.4, -0.2) is 9.97 Å². The molecular formula is C17H23N3. The molecule has 0 aliphatic heterocycles. The van der Waals surface area contributed by atoms with E-state index in [2.05, 4.69) is 60.3 Å². The SMILES string of the molecule is Cc1nccnc1C(C)NCc1ccc(C(C)C)cc1. The number of nitrogens with one attached hydrogen (secondary N) is 1. The Balaban J connectivity index is 1.96. The third-order valence-corrected chi connectivity index (χ3v) is 3.59. The van der Waals surface area contributed by atoms with Gasteiger partial charge in [-0.25, -0.2) is 0 Å². The molecule has 1 aromatic heterocycles. The third-order valence-electron chi connectivity index (χ3n) is 3.59. The van der Waals surface area contributed by atoms with Gasteiger partial charge in [0.1, 0.15) is 0 Å². The lowest BCUT2D eigenvalue weighted by molar-refractivity contribution is 0.555. The number of benzene rings is 1. The van der Waals surface area contributed by atoms with E-state index in [4.69, 9.17) is 0 Å². The molecule has 0 radical (unpaired) electrons. The van der Waals surface area contributed by atoms with E-state index >= 15 is 0 Å². The van der Waals surface area contributed by atoms with E-state index in [0.717, 1.165) is 17.9 Å². The molecule has 0 aliphatic rings. The van der Waals surface area contributed by atoms with Crippen LogP contribution >= 0.6 is 0 Å². The molecular weight excluding hydrogens is 246 g/mol. The molecule has 0 saturated heterocycles. The summed E-state index contributed by atoms with van der Waals surface area (Å²) in [5.74, 6) is 0.582. The number of nitrogens with zero attached hydrogens (tertiary/aromatic N) is 2. The monoisotopic (exact) mass is 269 g/mol. The van der Waals surface area contributed by atoms with Gasteiger partial charge in [-0.3, -0.25) is 9.97 Å². The Morgan fingerprint density at radius 1 is 1.00 bits per heavy atom. The van der Waals surface area contributed by atoms with Crippen LogP contribution in [0.4, 0.5) is 0 Å². The predicted molar refractivity (Wildman–Crippen MR) is 82.6 cm³/mol. The maximum atomic E-state index is 4.40. The second kappa shape index (κ2) is 6.62. The van der Waals surface area contributed by atoms with Crippen LogP contribution in [0.15, 0.2) is 36.7 Å². The van der Waals surface area contributed by atoms with Crippen LogP contribution in [0.1, 0.15) is 55.2 Å². The normalized spacial score (nSPS) is 12.7.